The SMILES string of the molecule is COC(=O)c1ccccc1N1C(=O)[C@@H]2C(Cc3c[nH]c4ccccc34)NC3(C(=O)Nc4ccc(C)cc43)[C@@H]2C1=O. The van der Waals surface area contributed by atoms with E-state index in [1.807, 2.05) is 55.6 Å². The minimum Gasteiger partial charge on any atom is -0.465 e. The molecule has 3 aliphatic rings. The lowest BCUT2D eigenvalue weighted by Gasteiger charge is -2.30. The van der Waals surface area contributed by atoms with Crippen LogP contribution in [0.2, 0.25) is 0 Å². The molecule has 9 heteroatoms. The molecule has 3 aliphatic heterocycles. The number of H-pyrrole nitrogens is 1. The van der Waals surface area contributed by atoms with E-state index in [4.69, 9.17) is 4.74 Å². The summed E-state index contributed by atoms with van der Waals surface area (Å²) >= 11 is 0. The Balaban J connectivity index is 1.40. The predicted molar refractivity (Wildman–Crippen MR) is 148 cm³/mol. The molecule has 2 unspecified atom stereocenters. The van der Waals surface area contributed by atoms with Gasteiger partial charge in [0.05, 0.1) is 30.2 Å². The van der Waals surface area contributed by atoms with Crippen LogP contribution in [0.4, 0.5) is 11.4 Å². The number of amides is 3. The molecule has 1 aromatic heterocycles. The van der Waals surface area contributed by atoms with Crippen molar-refractivity contribution in [2.24, 2.45) is 11.8 Å². The lowest BCUT2D eigenvalue weighted by Crippen LogP contribution is -2.53. The van der Waals surface area contributed by atoms with Crippen LogP contribution in [0.1, 0.15) is 27.0 Å². The molecule has 40 heavy (non-hydrogen) atoms. The van der Waals surface area contributed by atoms with Gasteiger partial charge in [0.25, 0.3) is 0 Å². The van der Waals surface area contributed by atoms with E-state index < -0.39 is 41.2 Å². The maximum absolute atomic E-state index is 14.3. The number of methoxy groups -OCH3 is 1. The molecular weight excluding hydrogens is 508 g/mol. The smallest absolute Gasteiger partial charge is 0.339 e. The van der Waals surface area contributed by atoms with Crippen LogP contribution in [-0.4, -0.2) is 41.8 Å². The topological polar surface area (TPSA) is 121 Å². The Hall–Kier alpha value is -4.76. The maximum Gasteiger partial charge on any atom is 0.339 e. The summed E-state index contributed by atoms with van der Waals surface area (Å²) in [4.78, 5) is 59.4. The molecule has 4 atom stereocenters. The maximum atomic E-state index is 14.3. The number of imide groups is 1. The van der Waals surface area contributed by atoms with Crippen molar-refractivity contribution in [3.63, 3.8) is 0 Å². The standard InChI is InChI=1S/C31H26N4O5/c1-16-11-12-22-20(13-16)31(30(39)33-22)26-25(23(34-31)14-17-15-32-21-9-5-3-7-18(17)21)27(36)35(28(26)37)24-10-6-4-8-19(24)29(38)40-2/h3-13,15,23,25-26,32,34H,14H2,1-2H3,(H,33,39)/t23?,25-,26+,31?/m1/s1. The van der Waals surface area contributed by atoms with Crippen LogP contribution in [0.3, 0.4) is 0 Å². The van der Waals surface area contributed by atoms with Crippen molar-refractivity contribution in [1.82, 2.24) is 10.3 Å². The fraction of sp³-hybridized carbons (Fsp3) is 0.226. The summed E-state index contributed by atoms with van der Waals surface area (Å²) in [5, 5.41) is 7.46. The monoisotopic (exact) mass is 534 g/mol. The van der Waals surface area contributed by atoms with Crippen molar-refractivity contribution in [3.05, 3.63) is 95.2 Å². The second-order valence-electron chi connectivity index (χ2n) is 10.6. The number of ether oxygens (including phenoxy) is 1. The molecule has 2 fully saturated rings. The summed E-state index contributed by atoms with van der Waals surface area (Å²) in [7, 11) is 1.25. The fourth-order valence-electron chi connectivity index (χ4n) is 6.82. The zero-order valence-electron chi connectivity index (χ0n) is 21.9. The molecule has 4 aromatic rings. The molecule has 3 aromatic carbocycles. The Bertz CT molecular complexity index is 1760. The number of aromatic amines is 1. The minimum atomic E-state index is -1.44. The minimum absolute atomic E-state index is 0.106. The van der Waals surface area contributed by atoms with Gasteiger partial charge in [0.1, 0.15) is 5.54 Å². The molecule has 4 heterocycles. The summed E-state index contributed by atoms with van der Waals surface area (Å²) in [5.41, 5.74) is 2.95. The van der Waals surface area contributed by atoms with Gasteiger partial charge >= 0.3 is 5.97 Å². The first-order valence-corrected chi connectivity index (χ1v) is 13.2. The Kier molecular flexibility index (Phi) is 5.24. The number of aryl methyl sites for hydroxylation is 1. The normalized spacial score (nSPS) is 25.0. The molecule has 9 nitrogen and oxygen atoms in total. The molecule has 1 spiro atoms. The summed E-state index contributed by atoms with van der Waals surface area (Å²) in [6.45, 7) is 1.92. The van der Waals surface area contributed by atoms with Crippen LogP contribution >= 0.6 is 0 Å². The van der Waals surface area contributed by atoms with Gasteiger partial charge in [-0.1, -0.05) is 48.0 Å². The van der Waals surface area contributed by atoms with Gasteiger partial charge in [-0.25, -0.2) is 9.69 Å². The number of rotatable bonds is 4. The summed E-state index contributed by atoms with van der Waals surface area (Å²) in [5.74, 6) is -3.85. The van der Waals surface area contributed by atoms with Crippen LogP contribution in [0.25, 0.3) is 10.9 Å². The van der Waals surface area contributed by atoms with E-state index >= 15 is 0 Å². The van der Waals surface area contributed by atoms with E-state index in [9.17, 15) is 19.2 Å². The zero-order chi connectivity index (χ0) is 27.8. The third kappa shape index (κ3) is 3.18. The van der Waals surface area contributed by atoms with Crippen LogP contribution in [0.15, 0.2) is 72.9 Å². The number of nitrogens with one attached hydrogen (secondary N) is 3. The van der Waals surface area contributed by atoms with Crippen molar-refractivity contribution >= 4 is 46.0 Å². The van der Waals surface area contributed by atoms with Gasteiger partial charge in [0.15, 0.2) is 0 Å². The van der Waals surface area contributed by atoms with E-state index in [0.29, 0.717) is 17.7 Å². The number of benzene rings is 3. The average molecular weight is 535 g/mol. The quantitative estimate of drug-likeness (QED) is 0.273. The summed E-state index contributed by atoms with van der Waals surface area (Å²) < 4.78 is 4.93. The first kappa shape index (κ1) is 24.3. The number of aromatic nitrogens is 1. The summed E-state index contributed by atoms with van der Waals surface area (Å²) in [6, 6.07) is 19.4. The second kappa shape index (κ2) is 8.62. The van der Waals surface area contributed by atoms with Crippen molar-refractivity contribution in [2.75, 3.05) is 17.3 Å². The molecular formula is C31H26N4O5. The molecule has 0 aliphatic carbocycles. The number of carbonyl (C=O) groups is 4. The Morgan fingerprint density at radius 3 is 2.60 bits per heavy atom. The van der Waals surface area contributed by atoms with Crippen molar-refractivity contribution in [3.8, 4) is 0 Å². The van der Waals surface area contributed by atoms with Crippen molar-refractivity contribution in [2.45, 2.75) is 24.9 Å². The highest BCUT2D eigenvalue weighted by Gasteiger charge is 2.70. The molecule has 2 saturated heterocycles. The number of hydrogen-bond donors (Lipinski definition) is 3. The summed E-state index contributed by atoms with van der Waals surface area (Å²) in [6.07, 6.45) is 2.32. The number of para-hydroxylation sites is 2. The third-order valence-electron chi connectivity index (χ3n) is 8.54. The number of nitrogens with zero attached hydrogens (tertiary/aromatic N) is 1. The zero-order valence-corrected chi connectivity index (χ0v) is 21.9. The average Bonchev–Trinajstić information content (AvgIpc) is 3.67. The van der Waals surface area contributed by atoms with E-state index in [2.05, 4.69) is 15.6 Å². The number of carbonyl (C=O) groups excluding carboxylic acids is 4. The molecule has 0 saturated carbocycles. The van der Waals surface area contributed by atoms with E-state index in [1.165, 1.54) is 13.2 Å². The molecule has 200 valence electrons. The lowest BCUT2D eigenvalue weighted by atomic mass is 9.76. The Labute approximate surface area is 229 Å². The highest BCUT2D eigenvalue weighted by molar-refractivity contribution is 6.27. The lowest BCUT2D eigenvalue weighted by molar-refractivity contribution is -0.130. The number of esters is 1. The van der Waals surface area contributed by atoms with Crippen LogP contribution < -0.4 is 15.5 Å². The van der Waals surface area contributed by atoms with Gasteiger partial charge in [-0.15, -0.1) is 0 Å². The van der Waals surface area contributed by atoms with Gasteiger partial charge in [0.2, 0.25) is 17.7 Å². The molecule has 7 rings (SSSR count). The van der Waals surface area contributed by atoms with Crippen molar-refractivity contribution < 1.29 is 23.9 Å². The number of anilines is 2. The number of fused-ring (bicyclic) bond motifs is 5. The number of hydrogen-bond acceptors (Lipinski definition) is 6. The molecule has 3 N–H and O–H groups in total. The van der Waals surface area contributed by atoms with Gasteiger partial charge in [0, 0.05) is 34.4 Å². The third-order valence-corrected chi connectivity index (χ3v) is 8.54. The molecule has 0 radical (unpaired) electrons. The first-order chi connectivity index (χ1) is 19.3. The van der Waals surface area contributed by atoms with Gasteiger partial charge in [-0.05, 0) is 43.2 Å². The first-order valence-electron chi connectivity index (χ1n) is 13.2. The fourth-order valence-corrected chi connectivity index (χ4v) is 6.82. The Morgan fingerprint density at radius 1 is 1.00 bits per heavy atom. The highest BCUT2D eigenvalue weighted by atomic mass is 16.5. The van der Waals surface area contributed by atoms with Gasteiger partial charge in [-0.3, -0.25) is 19.7 Å². The highest BCUT2D eigenvalue weighted by Crippen LogP contribution is 2.54. The van der Waals surface area contributed by atoms with Crippen molar-refractivity contribution in [1.29, 1.82) is 0 Å². The largest absolute Gasteiger partial charge is 0.465 e. The molecule has 3 amide bonds. The van der Waals surface area contributed by atoms with Crippen LogP contribution in [0, 0.1) is 18.8 Å². The van der Waals surface area contributed by atoms with E-state index in [0.717, 1.165) is 26.9 Å². The van der Waals surface area contributed by atoms with Gasteiger partial charge in [-0.2, -0.15) is 0 Å². The van der Waals surface area contributed by atoms with Crippen LogP contribution in [-0.2, 0) is 31.1 Å². The van der Waals surface area contributed by atoms with E-state index in [-0.39, 0.29) is 17.2 Å². The van der Waals surface area contributed by atoms with Gasteiger partial charge < -0.3 is 15.0 Å². The predicted octanol–water partition coefficient (Wildman–Crippen LogP) is 3.43. The van der Waals surface area contributed by atoms with Crippen LogP contribution in [0.5, 0.6) is 0 Å². The second-order valence-corrected chi connectivity index (χ2v) is 10.6. The van der Waals surface area contributed by atoms with E-state index in [1.54, 1.807) is 18.2 Å². The molecule has 0 bridgehead atoms. The Morgan fingerprint density at radius 2 is 1.77 bits per heavy atom.